The summed E-state index contributed by atoms with van der Waals surface area (Å²) in [6, 6.07) is 13.1. The third-order valence-electron chi connectivity index (χ3n) is 3.71. The predicted octanol–water partition coefficient (Wildman–Crippen LogP) is 3.73. The molecule has 0 atom stereocenters. The van der Waals surface area contributed by atoms with Gasteiger partial charge in [-0.15, -0.1) is 0 Å². The van der Waals surface area contributed by atoms with E-state index in [0.29, 0.717) is 17.2 Å². The molecule has 5 nitrogen and oxygen atoms in total. The highest BCUT2D eigenvalue weighted by molar-refractivity contribution is 5.92. The maximum absolute atomic E-state index is 12.1. The summed E-state index contributed by atoms with van der Waals surface area (Å²) >= 11 is 0. The number of anilines is 1. The molecule has 1 N–H and O–H groups in total. The van der Waals surface area contributed by atoms with Crippen LogP contribution in [0.3, 0.4) is 0 Å². The third kappa shape index (κ3) is 3.62. The van der Waals surface area contributed by atoms with Crippen molar-refractivity contribution in [3.05, 3.63) is 48.0 Å². The van der Waals surface area contributed by atoms with Gasteiger partial charge in [-0.2, -0.15) is 0 Å². The van der Waals surface area contributed by atoms with Crippen LogP contribution in [0.4, 0.5) is 5.69 Å². The summed E-state index contributed by atoms with van der Waals surface area (Å²) in [5.74, 6) is 1.82. The Morgan fingerprint density at radius 1 is 1.12 bits per heavy atom. The Kier molecular flexibility index (Phi) is 4.34. The number of benzene rings is 2. The van der Waals surface area contributed by atoms with E-state index in [1.54, 1.807) is 18.2 Å². The molecule has 0 aliphatic carbocycles. The quantitative estimate of drug-likeness (QED) is 0.929. The highest BCUT2D eigenvalue weighted by Crippen LogP contribution is 2.34. The number of amides is 1. The van der Waals surface area contributed by atoms with Gasteiger partial charge in [0, 0.05) is 11.8 Å². The molecule has 5 heteroatoms. The highest BCUT2D eigenvalue weighted by Gasteiger charge is 2.19. The van der Waals surface area contributed by atoms with Crippen LogP contribution < -0.4 is 19.5 Å². The number of rotatable bonds is 4. The topological polar surface area (TPSA) is 56.8 Å². The number of ether oxygens (including phenoxy) is 3. The number of nitrogens with one attached hydrogen (secondary N) is 1. The van der Waals surface area contributed by atoms with Crippen LogP contribution in [-0.4, -0.2) is 19.3 Å². The SMILES string of the molecule is CC(C)(C)c1ccccc1OCC(=O)Nc1ccc2c(c1)OCO2. The highest BCUT2D eigenvalue weighted by atomic mass is 16.7. The Bertz CT molecular complexity index is 749. The van der Waals surface area contributed by atoms with Crippen molar-refractivity contribution < 1.29 is 19.0 Å². The van der Waals surface area contributed by atoms with Crippen LogP contribution in [0, 0.1) is 0 Å². The summed E-state index contributed by atoms with van der Waals surface area (Å²) in [5, 5.41) is 2.80. The Balaban J connectivity index is 1.62. The molecule has 0 unspecified atom stereocenters. The molecule has 24 heavy (non-hydrogen) atoms. The summed E-state index contributed by atoms with van der Waals surface area (Å²) in [4.78, 5) is 12.1. The van der Waals surface area contributed by atoms with Gasteiger partial charge in [-0.1, -0.05) is 39.0 Å². The van der Waals surface area contributed by atoms with Crippen LogP contribution in [0.5, 0.6) is 17.2 Å². The summed E-state index contributed by atoms with van der Waals surface area (Å²) in [6.45, 7) is 6.49. The molecule has 2 aromatic carbocycles. The van der Waals surface area contributed by atoms with Crippen LogP contribution in [-0.2, 0) is 10.2 Å². The van der Waals surface area contributed by atoms with Crippen molar-refractivity contribution in [1.29, 1.82) is 0 Å². The second-order valence-corrected chi connectivity index (χ2v) is 6.65. The Labute approximate surface area is 141 Å². The van der Waals surface area contributed by atoms with Crippen LogP contribution in [0.2, 0.25) is 0 Å². The lowest BCUT2D eigenvalue weighted by atomic mass is 9.86. The number of carbonyl (C=O) groups is 1. The van der Waals surface area contributed by atoms with E-state index in [9.17, 15) is 4.79 Å². The zero-order chi connectivity index (χ0) is 17.2. The number of hydrogen-bond acceptors (Lipinski definition) is 4. The third-order valence-corrected chi connectivity index (χ3v) is 3.71. The van der Waals surface area contributed by atoms with Gasteiger partial charge < -0.3 is 19.5 Å². The van der Waals surface area contributed by atoms with Gasteiger partial charge in [0.15, 0.2) is 18.1 Å². The van der Waals surface area contributed by atoms with E-state index < -0.39 is 0 Å². The van der Waals surface area contributed by atoms with E-state index in [0.717, 1.165) is 11.3 Å². The fourth-order valence-electron chi connectivity index (χ4n) is 2.53. The molecular weight excluding hydrogens is 306 g/mol. The van der Waals surface area contributed by atoms with E-state index in [-0.39, 0.29) is 24.7 Å². The maximum Gasteiger partial charge on any atom is 0.262 e. The molecule has 1 amide bonds. The van der Waals surface area contributed by atoms with Gasteiger partial charge in [0.1, 0.15) is 5.75 Å². The van der Waals surface area contributed by atoms with E-state index in [2.05, 4.69) is 26.1 Å². The predicted molar refractivity (Wildman–Crippen MR) is 91.8 cm³/mol. The molecule has 0 radical (unpaired) electrons. The van der Waals surface area contributed by atoms with Gasteiger partial charge >= 0.3 is 0 Å². The molecule has 0 bridgehead atoms. The lowest BCUT2D eigenvalue weighted by Gasteiger charge is -2.22. The second-order valence-electron chi connectivity index (χ2n) is 6.65. The van der Waals surface area contributed by atoms with Gasteiger partial charge in [0.2, 0.25) is 6.79 Å². The van der Waals surface area contributed by atoms with Gasteiger partial charge in [-0.05, 0) is 29.2 Å². The minimum atomic E-state index is -0.224. The van der Waals surface area contributed by atoms with Crippen molar-refractivity contribution in [2.45, 2.75) is 26.2 Å². The maximum atomic E-state index is 12.1. The van der Waals surface area contributed by atoms with E-state index >= 15 is 0 Å². The van der Waals surface area contributed by atoms with Crippen LogP contribution in [0.1, 0.15) is 26.3 Å². The van der Waals surface area contributed by atoms with Gasteiger partial charge in [-0.25, -0.2) is 0 Å². The molecule has 0 fully saturated rings. The van der Waals surface area contributed by atoms with Crippen LogP contribution in [0.15, 0.2) is 42.5 Å². The van der Waals surface area contributed by atoms with E-state index in [1.165, 1.54) is 0 Å². The first-order valence-electron chi connectivity index (χ1n) is 7.85. The normalized spacial score (nSPS) is 12.8. The van der Waals surface area contributed by atoms with Gasteiger partial charge in [0.25, 0.3) is 5.91 Å². The van der Waals surface area contributed by atoms with E-state index in [1.807, 2.05) is 24.3 Å². The summed E-state index contributed by atoms with van der Waals surface area (Å²) in [5.41, 5.74) is 1.67. The first-order valence-corrected chi connectivity index (χ1v) is 7.85. The molecule has 126 valence electrons. The standard InChI is InChI=1S/C19H21NO4/c1-19(2,3)14-6-4-5-7-15(14)22-11-18(21)20-13-8-9-16-17(10-13)24-12-23-16/h4-10H,11-12H2,1-3H3,(H,20,21). The van der Waals surface area contributed by atoms with Crippen molar-refractivity contribution in [3.8, 4) is 17.2 Å². The molecule has 2 aromatic rings. The van der Waals surface area contributed by atoms with Crippen molar-refractivity contribution in [3.63, 3.8) is 0 Å². The van der Waals surface area contributed by atoms with Crippen molar-refractivity contribution >= 4 is 11.6 Å². The smallest absolute Gasteiger partial charge is 0.262 e. The zero-order valence-electron chi connectivity index (χ0n) is 14.1. The monoisotopic (exact) mass is 327 g/mol. The molecule has 0 spiro atoms. The molecule has 0 saturated heterocycles. The zero-order valence-corrected chi connectivity index (χ0v) is 14.1. The van der Waals surface area contributed by atoms with Crippen molar-refractivity contribution in [2.24, 2.45) is 0 Å². The fourth-order valence-corrected chi connectivity index (χ4v) is 2.53. The van der Waals surface area contributed by atoms with Crippen LogP contribution >= 0.6 is 0 Å². The average Bonchev–Trinajstić information content (AvgIpc) is 3.00. The van der Waals surface area contributed by atoms with Crippen molar-refractivity contribution in [2.75, 3.05) is 18.7 Å². The molecule has 3 rings (SSSR count). The number of para-hydroxylation sites is 1. The fraction of sp³-hybridized carbons (Fsp3) is 0.316. The molecule has 1 aliphatic heterocycles. The summed E-state index contributed by atoms with van der Waals surface area (Å²) in [7, 11) is 0. The number of fused-ring (bicyclic) bond motifs is 1. The molecular formula is C19H21NO4. The summed E-state index contributed by atoms with van der Waals surface area (Å²) in [6.07, 6.45) is 0. The lowest BCUT2D eigenvalue weighted by molar-refractivity contribution is -0.118. The first kappa shape index (κ1) is 16.2. The Morgan fingerprint density at radius 3 is 2.67 bits per heavy atom. The number of hydrogen-bond donors (Lipinski definition) is 1. The molecule has 1 heterocycles. The number of carbonyl (C=O) groups excluding carboxylic acids is 1. The average molecular weight is 327 g/mol. The summed E-state index contributed by atoms with van der Waals surface area (Å²) < 4.78 is 16.3. The van der Waals surface area contributed by atoms with Crippen molar-refractivity contribution in [1.82, 2.24) is 0 Å². The molecule has 0 aromatic heterocycles. The van der Waals surface area contributed by atoms with Crippen LogP contribution in [0.25, 0.3) is 0 Å². The Morgan fingerprint density at radius 2 is 1.88 bits per heavy atom. The second kappa shape index (κ2) is 6.43. The lowest BCUT2D eigenvalue weighted by Crippen LogP contribution is -2.21. The molecule has 1 aliphatic rings. The largest absolute Gasteiger partial charge is 0.483 e. The molecule has 0 saturated carbocycles. The van der Waals surface area contributed by atoms with Gasteiger partial charge in [0.05, 0.1) is 0 Å². The minimum Gasteiger partial charge on any atom is -0.483 e. The van der Waals surface area contributed by atoms with Gasteiger partial charge in [-0.3, -0.25) is 4.79 Å². The minimum absolute atomic E-state index is 0.0512. The first-order chi connectivity index (χ1) is 11.4. The van der Waals surface area contributed by atoms with E-state index in [4.69, 9.17) is 14.2 Å². The Hall–Kier alpha value is -2.69.